The Kier molecular flexibility index (Phi) is 9.05. The number of nitrogens with two attached hydrogens (primary N) is 2. The van der Waals surface area contributed by atoms with Gasteiger partial charge in [0, 0.05) is 17.4 Å². The van der Waals surface area contributed by atoms with Crippen LogP contribution in [0.15, 0.2) is 42.6 Å². The highest BCUT2D eigenvalue weighted by atomic mass is 19.1. The van der Waals surface area contributed by atoms with Crippen molar-refractivity contribution in [3.63, 3.8) is 0 Å². The van der Waals surface area contributed by atoms with Crippen molar-refractivity contribution in [2.45, 2.75) is 52.2 Å². The molecule has 27 heavy (non-hydrogen) atoms. The van der Waals surface area contributed by atoms with Crippen molar-refractivity contribution < 1.29 is 9.18 Å². The van der Waals surface area contributed by atoms with E-state index < -0.39 is 5.79 Å². The van der Waals surface area contributed by atoms with E-state index in [9.17, 15) is 9.18 Å². The first-order valence-corrected chi connectivity index (χ1v) is 9.28. The van der Waals surface area contributed by atoms with Crippen LogP contribution in [0.2, 0.25) is 0 Å². The molecular formula is C21H31FN4O. The minimum absolute atomic E-state index is 0.0252. The SMILES string of the molecule is CCCN.CC[C@@H](C)c1ccc(NC(=O)c2ccnc(C(C)(N)F)c2)cc1. The maximum absolute atomic E-state index is 13.7. The first kappa shape index (κ1) is 22.7. The highest BCUT2D eigenvalue weighted by Gasteiger charge is 2.22. The number of benzene rings is 1. The van der Waals surface area contributed by atoms with Crippen LogP contribution in [0.5, 0.6) is 0 Å². The molecule has 0 aliphatic heterocycles. The summed E-state index contributed by atoms with van der Waals surface area (Å²) in [6, 6.07) is 10.6. The molecule has 0 fully saturated rings. The van der Waals surface area contributed by atoms with Gasteiger partial charge in [-0.2, -0.15) is 0 Å². The smallest absolute Gasteiger partial charge is 0.255 e. The summed E-state index contributed by atoms with van der Waals surface area (Å²) < 4.78 is 13.7. The molecule has 0 aliphatic rings. The van der Waals surface area contributed by atoms with Gasteiger partial charge in [0.1, 0.15) is 0 Å². The fraction of sp³-hybridized carbons (Fsp3) is 0.429. The van der Waals surface area contributed by atoms with Crippen LogP contribution in [0.1, 0.15) is 68.1 Å². The number of carbonyl (C=O) groups is 1. The number of pyridine rings is 1. The lowest BCUT2D eigenvalue weighted by Crippen LogP contribution is -2.28. The summed E-state index contributed by atoms with van der Waals surface area (Å²) in [5.74, 6) is -1.92. The summed E-state index contributed by atoms with van der Waals surface area (Å²) in [7, 11) is 0. The van der Waals surface area contributed by atoms with Gasteiger partial charge in [0.15, 0.2) is 5.79 Å². The van der Waals surface area contributed by atoms with Crippen molar-refractivity contribution in [3.05, 3.63) is 59.4 Å². The third-order valence-electron chi connectivity index (χ3n) is 4.16. The molecule has 1 aromatic heterocycles. The minimum Gasteiger partial charge on any atom is -0.330 e. The second-order valence-corrected chi connectivity index (χ2v) is 6.68. The van der Waals surface area contributed by atoms with Gasteiger partial charge in [-0.15, -0.1) is 0 Å². The van der Waals surface area contributed by atoms with Crippen molar-refractivity contribution in [3.8, 4) is 0 Å². The number of halogens is 1. The van der Waals surface area contributed by atoms with Gasteiger partial charge in [-0.25, -0.2) is 4.39 Å². The molecule has 2 rings (SSSR count). The van der Waals surface area contributed by atoms with E-state index in [0.29, 0.717) is 17.2 Å². The molecular weight excluding hydrogens is 343 g/mol. The van der Waals surface area contributed by atoms with Crippen LogP contribution < -0.4 is 16.8 Å². The van der Waals surface area contributed by atoms with Gasteiger partial charge in [-0.1, -0.05) is 32.9 Å². The number of carbonyl (C=O) groups excluding carboxylic acids is 1. The Bertz CT molecular complexity index is 709. The predicted octanol–water partition coefficient (Wildman–Crippen LogP) is 4.30. The maximum atomic E-state index is 13.7. The van der Waals surface area contributed by atoms with Gasteiger partial charge in [0.05, 0.1) is 5.69 Å². The molecule has 0 bridgehead atoms. The van der Waals surface area contributed by atoms with E-state index in [-0.39, 0.29) is 11.6 Å². The summed E-state index contributed by atoms with van der Waals surface area (Å²) in [5, 5.41) is 2.79. The van der Waals surface area contributed by atoms with Crippen molar-refractivity contribution in [2.24, 2.45) is 11.5 Å². The number of nitrogens with zero attached hydrogens (tertiary/aromatic N) is 1. The van der Waals surface area contributed by atoms with E-state index in [4.69, 9.17) is 11.5 Å². The fourth-order valence-corrected chi connectivity index (χ4v) is 2.17. The van der Waals surface area contributed by atoms with Crippen LogP contribution in [0.25, 0.3) is 0 Å². The van der Waals surface area contributed by atoms with Gasteiger partial charge in [-0.3, -0.25) is 15.5 Å². The van der Waals surface area contributed by atoms with E-state index in [1.165, 1.54) is 30.8 Å². The van der Waals surface area contributed by atoms with E-state index >= 15 is 0 Å². The molecule has 0 radical (unpaired) electrons. The van der Waals surface area contributed by atoms with Crippen LogP contribution in [-0.2, 0) is 5.79 Å². The third-order valence-corrected chi connectivity index (χ3v) is 4.16. The van der Waals surface area contributed by atoms with Crippen LogP contribution >= 0.6 is 0 Å². The molecule has 0 spiro atoms. The zero-order chi connectivity index (χ0) is 20.4. The molecule has 0 saturated heterocycles. The molecule has 2 atom stereocenters. The molecule has 5 N–H and O–H groups in total. The average Bonchev–Trinajstić information content (AvgIpc) is 2.67. The molecule has 1 amide bonds. The molecule has 0 saturated carbocycles. The van der Waals surface area contributed by atoms with Gasteiger partial charge in [0.2, 0.25) is 0 Å². The summed E-state index contributed by atoms with van der Waals surface area (Å²) in [6.07, 6.45) is 3.54. The lowest BCUT2D eigenvalue weighted by molar-refractivity contribution is 0.102. The number of alkyl halides is 1. The van der Waals surface area contributed by atoms with E-state index in [1.54, 1.807) is 0 Å². The van der Waals surface area contributed by atoms with Crippen LogP contribution in [-0.4, -0.2) is 17.4 Å². The van der Waals surface area contributed by atoms with Crippen LogP contribution in [0, 0.1) is 0 Å². The summed E-state index contributed by atoms with van der Waals surface area (Å²) >= 11 is 0. The zero-order valence-corrected chi connectivity index (χ0v) is 16.6. The van der Waals surface area contributed by atoms with Crippen molar-refractivity contribution in [1.82, 2.24) is 4.98 Å². The quantitative estimate of drug-likeness (QED) is 0.657. The Balaban J connectivity index is 0.000000828. The van der Waals surface area contributed by atoms with Gasteiger partial charge in [-0.05, 0) is 62.1 Å². The maximum Gasteiger partial charge on any atom is 0.255 e. The van der Waals surface area contributed by atoms with E-state index in [2.05, 4.69) is 31.1 Å². The Hall–Kier alpha value is -2.31. The predicted molar refractivity (Wildman–Crippen MR) is 109 cm³/mol. The van der Waals surface area contributed by atoms with Crippen LogP contribution in [0.4, 0.5) is 10.1 Å². The molecule has 1 unspecified atom stereocenters. The second kappa shape index (κ2) is 10.7. The number of nitrogens with one attached hydrogen (secondary N) is 1. The lowest BCUT2D eigenvalue weighted by Gasteiger charge is -2.14. The summed E-state index contributed by atoms with van der Waals surface area (Å²) in [4.78, 5) is 16.1. The molecule has 1 heterocycles. The first-order chi connectivity index (χ1) is 12.7. The number of amides is 1. The lowest BCUT2D eigenvalue weighted by atomic mass is 9.98. The topological polar surface area (TPSA) is 94.0 Å². The van der Waals surface area contributed by atoms with Crippen molar-refractivity contribution in [1.29, 1.82) is 0 Å². The molecule has 2 aromatic rings. The molecule has 6 heteroatoms. The summed E-state index contributed by atoms with van der Waals surface area (Å²) in [5.41, 5.74) is 12.7. The molecule has 0 aliphatic carbocycles. The van der Waals surface area contributed by atoms with Crippen molar-refractivity contribution in [2.75, 3.05) is 11.9 Å². The third kappa shape index (κ3) is 7.45. The van der Waals surface area contributed by atoms with Gasteiger partial charge >= 0.3 is 0 Å². The fourth-order valence-electron chi connectivity index (χ4n) is 2.17. The van der Waals surface area contributed by atoms with Crippen LogP contribution in [0.3, 0.4) is 0 Å². The minimum atomic E-state index is -2.08. The number of aromatic nitrogens is 1. The highest BCUT2D eigenvalue weighted by Crippen LogP contribution is 2.21. The number of rotatable bonds is 6. The van der Waals surface area contributed by atoms with E-state index in [0.717, 1.165) is 19.4 Å². The van der Waals surface area contributed by atoms with Gasteiger partial charge < -0.3 is 11.1 Å². The second-order valence-electron chi connectivity index (χ2n) is 6.68. The first-order valence-electron chi connectivity index (χ1n) is 9.28. The zero-order valence-electron chi connectivity index (χ0n) is 16.6. The number of hydrogen-bond acceptors (Lipinski definition) is 4. The largest absolute Gasteiger partial charge is 0.330 e. The Morgan fingerprint density at radius 3 is 2.33 bits per heavy atom. The number of anilines is 1. The van der Waals surface area contributed by atoms with Crippen molar-refractivity contribution >= 4 is 11.6 Å². The normalized spacial score (nSPS) is 13.7. The van der Waals surface area contributed by atoms with Gasteiger partial charge in [0.25, 0.3) is 5.91 Å². The average molecular weight is 375 g/mol. The molecule has 5 nitrogen and oxygen atoms in total. The molecule has 148 valence electrons. The Labute approximate surface area is 161 Å². The highest BCUT2D eigenvalue weighted by molar-refractivity contribution is 6.04. The standard InChI is InChI=1S/C18H22FN3O.C3H9N/c1-4-12(2)13-5-7-15(8-6-13)22-17(23)14-9-10-21-16(11-14)18(3,19)20;1-2-3-4/h5-12H,4,20H2,1-3H3,(H,22,23);2-4H2,1H3/t12-,18?;/m1./s1. The summed E-state index contributed by atoms with van der Waals surface area (Å²) in [6.45, 7) is 8.37. The Morgan fingerprint density at radius 1 is 1.26 bits per heavy atom. The Morgan fingerprint density at radius 2 is 1.85 bits per heavy atom. The monoisotopic (exact) mass is 374 g/mol. The molecule has 1 aromatic carbocycles. The number of hydrogen-bond donors (Lipinski definition) is 3. The van der Waals surface area contributed by atoms with E-state index in [1.807, 2.05) is 24.3 Å².